The van der Waals surface area contributed by atoms with Gasteiger partial charge >= 0.3 is 27.1 Å². The quantitative estimate of drug-likeness (QED) is 0.128. The van der Waals surface area contributed by atoms with Crippen LogP contribution in [0.1, 0.15) is 69.3 Å². The first-order valence-corrected chi connectivity index (χ1v) is 16.7. The second kappa shape index (κ2) is 12.8. The molecular formula is C44H37F2N5Pt+2. The predicted molar refractivity (Wildman–Crippen MR) is 202 cm³/mol. The molecule has 3 aromatic heterocycles. The van der Waals surface area contributed by atoms with Gasteiger partial charge in [0.15, 0.2) is 0 Å². The van der Waals surface area contributed by atoms with Gasteiger partial charge in [0.25, 0.3) is 17.3 Å². The summed E-state index contributed by atoms with van der Waals surface area (Å²) in [7, 11) is 0. The van der Waals surface area contributed by atoms with Gasteiger partial charge in [-0.3, -0.25) is 4.98 Å². The minimum Gasteiger partial charge on any atom is -0.318 e. The first kappa shape index (κ1) is 30.5. The van der Waals surface area contributed by atoms with E-state index in [4.69, 9.17) is 5.48 Å². The van der Waals surface area contributed by atoms with Gasteiger partial charge in [-0.2, -0.15) is 24.3 Å². The molecule has 7 aromatic rings. The number of hydrogen-bond acceptors (Lipinski definition) is 2. The summed E-state index contributed by atoms with van der Waals surface area (Å²) in [6.45, 7) is 12.4. The molecule has 5 nitrogen and oxygen atoms in total. The number of rotatable bonds is 5. The Balaban J connectivity index is 0.00000480. The summed E-state index contributed by atoms with van der Waals surface area (Å²) < 4.78 is 73.4. The molecule has 4 aromatic carbocycles. The maximum atomic E-state index is 16.9. The van der Waals surface area contributed by atoms with Gasteiger partial charge in [0, 0.05) is 36.1 Å². The van der Waals surface area contributed by atoms with Crippen molar-refractivity contribution in [2.45, 2.75) is 58.3 Å². The Labute approximate surface area is 322 Å². The maximum absolute atomic E-state index is 16.9. The fourth-order valence-electron chi connectivity index (χ4n) is 6.61. The van der Waals surface area contributed by atoms with Gasteiger partial charge in [-0.25, -0.2) is 13.8 Å². The third kappa shape index (κ3) is 5.92. The van der Waals surface area contributed by atoms with Crippen molar-refractivity contribution in [2.24, 2.45) is 0 Å². The number of pyridine rings is 2. The minimum atomic E-state index is -3.58. The summed E-state index contributed by atoms with van der Waals surface area (Å²) in [5, 5.41) is 1.55. The summed E-state index contributed by atoms with van der Waals surface area (Å²) in [5.74, 6) is -3.02. The van der Waals surface area contributed by atoms with Gasteiger partial charge in [-0.1, -0.05) is 105 Å². The third-order valence-electron chi connectivity index (χ3n) is 9.27. The van der Waals surface area contributed by atoms with E-state index in [-0.39, 0.29) is 66.6 Å². The molecule has 0 amide bonds. The number of nitrogens with zero attached hydrogens (tertiary/aromatic N) is 5. The van der Waals surface area contributed by atoms with Gasteiger partial charge in [-0.05, 0) is 44.6 Å². The monoisotopic (exact) mass is 872 g/mol. The van der Waals surface area contributed by atoms with Crippen LogP contribution in [0.3, 0.4) is 0 Å². The zero-order valence-electron chi connectivity index (χ0n) is 33.5. The molecule has 0 atom stereocenters. The number of benzene rings is 4. The van der Waals surface area contributed by atoms with Crippen LogP contribution in [0.2, 0.25) is 0 Å². The molecule has 0 aliphatic carbocycles. The summed E-state index contributed by atoms with van der Waals surface area (Å²) in [6.07, 6.45) is 5.08. The first-order valence-electron chi connectivity index (χ1n) is 18.7. The van der Waals surface area contributed by atoms with Crippen LogP contribution in [0, 0.1) is 12.1 Å². The molecule has 0 unspecified atom stereocenters. The number of alkyl halides is 2. The Morgan fingerprint density at radius 2 is 1.48 bits per heavy atom. The van der Waals surface area contributed by atoms with Crippen molar-refractivity contribution in [2.75, 3.05) is 0 Å². The number of aromatic nitrogens is 3. The van der Waals surface area contributed by atoms with E-state index in [9.17, 15) is 0 Å². The molecule has 0 N–H and O–H groups in total. The summed E-state index contributed by atoms with van der Waals surface area (Å²) >= 11 is 0. The Morgan fingerprint density at radius 1 is 0.750 bits per heavy atom. The van der Waals surface area contributed by atoms with Crippen LogP contribution in [-0.4, -0.2) is 20.5 Å². The molecule has 52 heavy (non-hydrogen) atoms. The Kier molecular flexibility index (Phi) is 7.54. The van der Waals surface area contributed by atoms with Gasteiger partial charge in [0.1, 0.15) is 11.5 Å². The molecule has 1 aliphatic rings. The van der Waals surface area contributed by atoms with Crippen molar-refractivity contribution in [3.63, 3.8) is 0 Å². The second-order valence-corrected chi connectivity index (χ2v) is 14.8. The van der Waals surface area contributed by atoms with Crippen LogP contribution in [-0.2, 0) is 37.8 Å². The van der Waals surface area contributed by atoms with E-state index in [0.717, 1.165) is 21.9 Å². The Morgan fingerprint density at radius 3 is 2.23 bits per heavy atom. The van der Waals surface area contributed by atoms with E-state index in [1.165, 1.54) is 22.8 Å². The van der Waals surface area contributed by atoms with Crippen LogP contribution < -0.4 is 9.15 Å². The van der Waals surface area contributed by atoms with E-state index < -0.39 is 23.6 Å². The standard InChI is InChI=1S/C44H37F2N5.Pt/c1-42(2,3)29-20-23-48-41(26-29)51-39-25-31(18-19-33(39)34-21-22-47-27-40(34)51)44(45,46)30-12-11-13-32(24-30)49-28-50(38-17-10-9-16-37(38)49)36-15-8-7-14-35(36)43(4,5)6;/h7-23,26-27H,1-6H3;/q;+2/i9D,10D,16D,17D;. The van der Waals surface area contributed by atoms with E-state index in [1.54, 1.807) is 35.3 Å². The molecule has 0 radical (unpaired) electrons. The van der Waals surface area contributed by atoms with Crippen molar-refractivity contribution in [3.05, 3.63) is 150 Å². The molecule has 8 rings (SSSR count). The van der Waals surface area contributed by atoms with E-state index in [1.807, 2.05) is 67.8 Å². The van der Waals surface area contributed by atoms with Crippen molar-refractivity contribution >= 4 is 50.6 Å². The van der Waals surface area contributed by atoms with E-state index in [0.29, 0.717) is 22.5 Å². The molecule has 0 saturated heterocycles. The van der Waals surface area contributed by atoms with Crippen molar-refractivity contribution in [1.82, 2.24) is 23.7 Å². The largest absolute Gasteiger partial charge is 2.00 e. The zero-order chi connectivity index (χ0) is 39.2. The minimum absolute atomic E-state index is 0. The molecule has 0 fully saturated rings. The molecule has 0 bridgehead atoms. The smallest absolute Gasteiger partial charge is 0.318 e. The number of para-hydroxylation sites is 3. The molecule has 0 spiro atoms. The fraction of sp³-hybridized carbons (Fsp3) is 0.205. The Bertz CT molecular complexity index is 2810. The fourth-order valence-corrected chi connectivity index (χ4v) is 6.61. The van der Waals surface area contributed by atoms with Crippen LogP contribution in [0.4, 0.5) is 31.5 Å². The average Bonchev–Trinajstić information content (AvgIpc) is 3.72. The third-order valence-corrected chi connectivity index (χ3v) is 9.27. The predicted octanol–water partition coefficient (Wildman–Crippen LogP) is 10.8. The molecule has 4 heterocycles. The van der Waals surface area contributed by atoms with Gasteiger partial charge < -0.3 is 4.57 Å². The van der Waals surface area contributed by atoms with Crippen molar-refractivity contribution < 1.29 is 35.3 Å². The summed E-state index contributed by atoms with van der Waals surface area (Å²) in [6, 6.07) is 28.4. The van der Waals surface area contributed by atoms with Gasteiger partial charge in [0.05, 0.1) is 17.2 Å². The average molecular weight is 873 g/mol. The second-order valence-electron chi connectivity index (χ2n) is 14.8. The first-order chi connectivity index (χ1) is 26.0. The molecule has 0 saturated carbocycles. The van der Waals surface area contributed by atoms with Gasteiger partial charge in [-0.15, -0.1) is 11.5 Å². The molecule has 260 valence electrons. The SMILES string of the molecule is [2H]c1c([2H])c([2H])c2c(c1[2H])[N+](c1[c-]c(C(F)(F)c3[c-]c4c(cc3)c3ccncc3n4-c3cc(C(C)(C)C)ccn3)ccc1)=C=[N+]2c1ccccc1C(C)(C)C.[Pt+2]. The normalized spacial score (nSPS) is 14.2. The van der Waals surface area contributed by atoms with Crippen LogP contribution in [0.5, 0.6) is 0 Å². The van der Waals surface area contributed by atoms with Gasteiger partial charge in [0.2, 0.25) is 5.69 Å². The number of fused-ring (bicyclic) bond motifs is 4. The van der Waals surface area contributed by atoms with E-state index in [2.05, 4.69) is 48.9 Å². The molecular weight excluding hydrogens is 832 g/mol. The summed E-state index contributed by atoms with van der Waals surface area (Å²) in [4.78, 5) is 8.98. The van der Waals surface area contributed by atoms with Crippen LogP contribution in [0.15, 0.2) is 116 Å². The van der Waals surface area contributed by atoms with Crippen molar-refractivity contribution in [1.29, 1.82) is 0 Å². The number of hydrogen-bond donors (Lipinski definition) is 0. The Hall–Kier alpha value is -5.09. The zero-order valence-corrected chi connectivity index (χ0v) is 31.7. The van der Waals surface area contributed by atoms with Crippen LogP contribution in [0.25, 0.3) is 27.6 Å². The van der Waals surface area contributed by atoms with E-state index >= 15 is 8.78 Å². The van der Waals surface area contributed by atoms with Crippen LogP contribution >= 0.6 is 0 Å². The molecule has 1 aliphatic heterocycles. The topological polar surface area (TPSA) is 36.7 Å². The maximum Gasteiger partial charge on any atom is 2.00 e. The number of halogens is 2. The van der Waals surface area contributed by atoms with Crippen molar-refractivity contribution in [3.8, 4) is 5.82 Å². The summed E-state index contributed by atoms with van der Waals surface area (Å²) in [5.41, 5.74) is 2.77. The molecule has 8 heteroatoms.